The van der Waals surface area contributed by atoms with Crippen molar-refractivity contribution in [2.75, 3.05) is 13.1 Å². The lowest BCUT2D eigenvalue weighted by Gasteiger charge is -2.17. The molecule has 0 aromatic rings. The van der Waals surface area contributed by atoms with Gasteiger partial charge in [-0.05, 0) is 0 Å². The number of amides is 2. The van der Waals surface area contributed by atoms with Gasteiger partial charge in [-0.25, -0.2) is 10.4 Å². The van der Waals surface area contributed by atoms with Crippen LogP contribution in [0.15, 0.2) is 10.1 Å². The summed E-state index contributed by atoms with van der Waals surface area (Å²) in [5.41, 5.74) is 2.46. The van der Waals surface area contributed by atoms with E-state index in [1.165, 1.54) is 0 Å². The fraction of sp³-hybridized carbons (Fsp3) is 0.429. The molecule has 0 bridgehead atoms. The number of nitrogens with zero attached hydrogens (tertiary/aromatic N) is 3. The van der Waals surface area contributed by atoms with E-state index >= 15 is 0 Å². The molecule has 104 valence electrons. The lowest BCUT2D eigenvalue weighted by atomic mass is 10.2. The van der Waals surface area contributed by atoms with Gasteiger partial charge in [-0.1, -0.05) is 0 Å². The van der Waals surface area contributed by atoms with E-state index in [9.17, 15) is 19.7 Å². The van der Waals surface area contributed by atoms with E-state index in [1.807, 2.05) is 0 Å². The molecule has 2 aliphatic heterocycles. The highest BCUT2D eigenvalue weighted by Crippen LogP contribution is 1.96. The molecule has 1 fully saturated rings. The molecule has 0 atom stereocenters. The Hall–Kier alpha value is -1.99. The number of hydrogen-bond acceptors (Lipinski definition) is 8. The van der Waals surface area contributed by atoms with Crippen molar-refractivity contribution >= 4 is 47.7 Å². The minimum absolute atomic E-state index is 0. The van der Waals surface area contributed by atoms with Crippen LogP contribution in [0.25, 0.3) is 0 Å². The summed E-state index contributed by atoms with van der Waals surface area (Å²) in [6.45, 7) is 1.25. The van der Waals surface area contributed by atoms with Crippen LogP contribution in [0.3, 0.4) is 0 Å². The summed E-state index contributed by atoms with van der Waals surface area (Å²) in [7, 11) is 0. The van der Waals surface area contributed by atoms with Crippen LogP contribution in [-0.4, -0.2) is 47.8 Å². The number of guanidine groups is 2. The third kappa shape index (κ3) is 3.49. The maximum Gasteiger partial charge on any atom is 0.366 e. The Morgan fingerprint density at radius 2 is 2.00 bits per heavy atom. The lowest BCUT2D eigenvalue weighted by molar-refractivity contribution is -0.494. The van der Waals surface area contributed by atoms with Crippen LogP contribution in [0, 0.1) is 10.1 Å². The minimum Gasteiger partial charge on any atom is -0.353 e. The molecule has 0 spiro atoms. The molecule has 0 radical (unpaired) electrons. The predicted octanol–water partition coefficient (Wildman–Crippen LogP) is -2.68. The number of rotatable bonds is 2. The molecular weight excluding hydrogens is 373 g/mol. The Kier molecular flexibility index (Phi) is 4.96. The van der Waals surface area contributed by atoms with E-state index in [0.717, 1.165) is 0 Å². The number of halogens is 1. The molecule has 0 aromatic carbocycles. The fourth-order valence-electron chi connectivity index (χ4n) is 1.35. The zero-order valence-electron chi connectivity index (χ0n) is 9.37. The molecule has 0 aromatic heterocycles. The van der Waals surface area contributed by atoms with Crippen molar-refractivity contribution in [3.63, 3.8) is 0 Å². The fourth-order valence-corrected chi connectivity index (χ4v) is 1.35. The summed E-state index contributed by atoms with van der Waals surface area (Å²) < 4.78 is 0. The summed E-state index contributed by atoms with van der Waals surface area (Å²) in [5.74, 6) is -1.89. The highest BCUT2D eigenvalue weighted by Gasteiger charge is 2.43. The Bertz CT molecular complexity index is 456. The minimum atomic E-state index is -1.95. The van der Waals surface area contributed by atoms with Gasteiger partial charge in [0.1, 0.15) is 0 Å². The molecule has 12 heteroatoms. The summed E-state index contributed by atoms with van der Waals surface area (Å²) in [4.78, 5) is 36.0. The molecule has 0 saturated carbocycles. The van der Waals surface area contributed by atoms with Gasteiger partial charge < -0.3 is 5.32 Å². The molecule has 11 nitrogen and oxygen atoms in total. The van der Waals surface area contributed by atoms with Crippen LogP contribution in [0.5, 0.6) is 0 Å². The largest absolute Gasteiger partial charge is 0.366 e. The number of carbonyl (C=O) groups excluding carboxylic acids is 2. The van der Waals surface area contributed by atoms with Crippen molar-refractivity contribution in [1.82, 2.24) is 21.4 Å². The molecule has 2 amide bonds. The van der Waals surface area contributed by atoms with Crippen molar-refractivity contribution in [2.24, 2.45) is 10.1 Å². The van der Waals surface area contributed by atoms with Gasteiger partial charge in [0, 0.05) is 11.5 Å². The SMILES string of the molecule is I.O=C1NC(=NNC2=NCCN2)NC(=O)C1[N+](=O)[O-]. The van der Waals surface area contributed by atoms with Crippen molar-refractivity contribution in [3.8, 4) is 0 Å². The molecule has 0 aliphatic carbocycles. The van der Waals surface area contributed by atoms with E-state index in [-0.39, 0.29) is 29.9 Å². The number of carbonyl (C=O) groups is 2. The van der Waals surface area contributed by atoms with E-state index in [4.69, 9.17) is 0 Å². The first kappa shape index (κ1) is 15.1. The standard InChI is InChI=1S/C7H9N7O4.HI/c15-4-3(14(17)18)5(16)11-7(10-4)13-12-6-8-1-2-9-6;/h3H,1-2H2,(H2,8,9,12)(H2,10,11,13,15,16);1H. The van der Waals surface area contributed by atoms with E-state index in [1.54, 1.807) is 0 Å². The maximum atomic E-state index is 11.3. The van der Waals surface area contributed by atoms with Gasteiger partial charge in [-0.15, -0.1) is 29.1 Å². The molecule has 2 rings (SSSR count). The van der Waals surface area contributed by atoms with Gasteiger partial charge in [0.2, 0.25) is 11.9 Å². The monoisotopic (exact) mass is 383 g/mol. The predicted molar refractivity (Wildman–Crippen MR) is 73.4 cm³/mol. The second kappa shape index (κ2) is 6.26. The van der Waals surface area contributed by atoms with Crippen LogP contribution in [-0.2, 0) is 9.59 Å². The molecular formula is C7H10IN7O4. The molecule has 2 heterocycles. The van der Waals surface area contributed by atoms with Gasteiger partial charge >= 0.3 is 17.9 Å². The summed E-state index contributed by atoms with van der Waals surface area (Å²) in [5, 5.41) is 21.1. The van der Waals surface area contributed by atoms with Gasteiger partial charge in [0.05, 0.1) is 6.54 Å². The normalized spacial score (nSPS) is 21.4. The van der Waals surface area contributed by atoms with Crippen molar-refractivity contribution < 1.29 is 14.5 Å². The van der Waals surface area contributed by atoms with Crippen LogP contribution < -0.4 is 21.4 Å². The first-order chi connectivity index (χ1) is 8.58. The van der Waals surface area contributed by atoms with Crippen LogP contribution in [0.2, 0.25) is 0 Å². The van der Waals surface area contributed by atoms with Crippen molar-refractivity contribution in [2.45, 2.75) is 6.04 Å². The second-order valence-electron chi connectivity index (χ2n) is 3.40. The van der Waals surface area contributed by atoms with Gasteiger partial charge in [-0.2, -0.15) is 0 Å². The zero-order chi connectivity index (χ0) is 13.1. The molecule has 0 unspecified atom stereocenters. The topological polar surface area (TPSA) is 150 Å². The van der Waals surface area contributed by atoms with Gasteiger partial charge in [0.25, 0.3) is 0 Å². The van der Waals surface area contributed by atoms with Crippen molar-refractivity contribution in [1.29, 1.82) is 0 Å². The first-order valence-corrected chi connectivity index (χ1v) is 4.95. The third-order valence-electron chi connectivity index (χ3n) is 2.14. The Balaban J connectivity index is 0.00000180. The van der Waals surface area contributed by atoms with Gasteiger partial charge in [0.15, 0.2) is 0 Å². The Morgan fingerprint density at radius 1 is 1.37 bits per heavy atom. The van der Waals surface area contributed by atoms with E-state index < -0.39 is 22.8 Å². The summed E-state index contributed by atoms with van der Waals surface area (Å²) in [6.07, 6.45) is 0. The van der Waals surface area contributed by atoms with Gasteiger partial charge in [-0.3, -0.25) is 30.3 Å². The zero-order valence-corrected chi connectivity index (χ0v) is 11.7. The molecule has 4 N–H and O–H groups in total. The van der Waals surface area contributed by atoms with Crippen LogP contribution >= 0.6 is 24.0 Å². The number of nitrogens with one attached hydrogen (secondary N) is 4. The third-order valence-corrected chi connectivity index (χ3v) is 2.14. The summed E-state index contributed by atoms with van der Waals surface area (Å²) in [6, 6.07) is -1.95. The number of hydrogen-bond donors (Lipinski definition) is 4. The lowest BCUT2D eigenvalue weighted by Crippen LogP contribution is -2.62. The number of aliphatic imine (C=N–C) groups is 1. The Morgan fingerprint density at radius 3 is 2.47 bits per heavy atom. The Labute approximate surface area is 123 Å². The number of hydrazone groups is 1. The molecule has 19 heavy (non-hydrogen) atoms. The smallest absolute Gasteiger partial charge is 0.353 e. The first-order valence-electron chi connectivity index (χ1n) is 4.95. The van der Waals surface area contributed by atoms with Crippen LogP contribution in [0.1, 0.15) is 0 Å². The van der Waals surface area contributed by atoms with E-state index in [2.05, 4.69) is 31.5 Å². The van der Waals surface area contributed by atoms with E-state index in [0.29, 0.717) is 19.0 Å². The average molecular weight is 383 g/mol. The molecule has 2 aliphatic rings. The highest BCUT2D eigenvalue weighted by molar-refractivity contribution is 14.0. The number of nitro groups is 1. The highest BCUT2D eigenvalue weighted by atomic mass is 127. The van der Waals surface area contributed by atoms with Crippen molar-refractivity contribution in [3.05, 3.63) is 10.1 Å². The second-order valence-corrected chi connectivity index (χ2v) is 3.40. The summed E-state index contributed by atoms with van der Waals surface area (Å²) >= 11 is 0. The maximum absolute atomic E-state index is 11.3. The quantitative estimate of drug-likeness (QED) is 0.177. The molecule has 1 saturated heterocycles. The average Bonchev–Trinajstić information content (AvgIpc) is 2.77. The van der Waals surface area contributed by atoms with Crippen LogP contribution in [0.4, 0.5) is 0 Å².